The highest BCUT2D eigenvalue weighted by Gasteiger charge is 2.44. The van der Waals surface area contributed by atoms with Gasteiger partial charge in [-0.3, -0.25) is 4.79 Å². The molecule has 6 unspecified atom stereocenters. The summed E-state index contributed by atoms with van der Waals surface area (Å²) in [6.07, 6.45) is 7.25. The average Bonchev–Trinajstić information content (AvgIpc) is 2.95. The van der Waals surface area contributed by atoms with E-state index in [0.717, 1.165) is 31.2 Å². The predicted octanol–water partition coefficient (Wildman–Crippen LogP) is 2.74. The number of carbonyl (C=O) groups is 1. The van der Waals surface area contributed by atoms with Crippen molar-refractivity contribution in [2.75, 3.05) is 6.54 Å². The molecule has 0 aromatic heterocycles. The largest absolute Gasteiger partial charge is 0.461 e. The van der Waals surface area contributed by atoms with Gasteiger partial charge in [0.2, 0.25) is 0 Å². The molecule has 108 valence electrons. The van der Waals surface area contributed by atoms with E-state index >= 15 is 0 Å². The number of carbonyl (C=O) groups excluding carboxylic acids is 1. The van der Waals surface area contributed by atoms with Crippen LogP contribution < -0.4 is 5.32 Å². The number of fused-ring (bicyclic) bond motifs is 1. The monoisotopic (exact) mass is 265 g/mol. The first-order chi connectivity index (χ1) is 9.15. The maximum absolute atomic E-state index is 12.4. The van der Waals surface area contributed by atoms with Crippen molar-refractivity contribution in [3.8, 4) is 0 Å². The number of esters is 1. The first-order valence-corrected chi connectivity index (χ1v) is 8.09. The fourth-order valence-corrected chi connectivity index (χ4v) is 4.29. The molecule has 3 aliphatic rings. The first-order valence-electron chi connectivity index (χ1n) is 8.09. The Morgan fingerprint density at radius 3 is 2.74 bits per heavy atom. The molecule has 3 rings (SSSR count). The van der Waals surface area contributed by atoms with Gasteiger partial charge in [-0.15, -0.1) is 0 Å². The van der Waals surface area contributed by atoms with Gasteiger partial charge in [-0.05, 0) is 62.3 Å². The van der Waals surface area contributed by atoms with E-state index < -0.39 is 0 Å². The minimum Gasteiger partial charge on any atom is -0.461 e. The zero-order valence-corrected chi connectivity index (χ0v) is 12.2. The number of hydrogen-bond donors (Lipinski definition) is 1. The number of ether oxygens (including phenoxy) is 1. The summed E-state index contributed by atoms with van der Waals surface area (Å²) in [7, 11) is 0. The Labute approximate surface area is 116 Å². The Morgan fingerprint density at radius 2 is 1.95 bits per heavy atom. The third-order valence-corrected chi connectivity index (χ3v) is 5.83. The molecule has 1 saturated heterocycles. The maximum atomic E-state index is 12.4. The minimum atomic E-state index is -0.0119. The molecule has 3 fully saturated rings. The van der Waals surface area contributed by atoms with E-state index in [0.29, 0.717) is 11.8 Å². The van der Waals surface area contributed by atoms with Gasteiger partial charge in [0.15, 0.2) is 0 Å². The van der Waals surface area contributed by atoms with E-state index in [-0.39, 0.29) is 18.1 Å². The molecule has 2 saturated carbocycles. The lowest BCUT2D eigenvalue weighted by molar-refractivity contribution is -0.155. The second-order valence-corrected chi connectivity index (χ2v) is 7.07. The van der Waals surface area contributed by atoms with Gasteiger partial charge >= 0.3 is 5.97 Å². The summed E-state index contributed by atoms with van der Waals surface area (Å²) in [5.41, 5.74) is 0. The van der Waals surface area contributed by atoms with Gasteiger partial charge in [0, 0.05) is 0 Å². The van der Waals surface area contributed by atoms with Crippen molar-refractivity contribution in [3.05, 3.63) is 0 Å². The molecule has 0 spiro atoms. The molecule has 0 aromatic rings. The van der Waals surface area contributed by atoms with Crippen molar-refractivity contribution in [2.45, 2.75) is 64.5 Å². The summed E-state index contributed by atoms with van der Waals surface area (Å²) in [6, 6.07) is -0.0119. The summed E-state index contributed by atoms with van der Waals surface area (Å²) in [4.78, 5) is 12.4. The van der Waals surface area contributed by atoms with E-state index in [4.69, 9.17) is 4.74 Å². The molecule has 0 bridgehead atoms. The molecule has 1 N–H and O–H groups in total. The Balaban J connectivity index is 1.54. The second kappa shape index (κ2) is 5.43. The van der Waals surface area contributed by atoms with Crippen LogP contribution in [-0.2, 0) is 9.53 Å². The van der Waals surface area contributed by atoms with E-state index in [2.05, 4.69) is 19.2 Å². The number of nitrogens with one attached hydrogen (secondary N) is 1. The van der Waals surface area contributed by atoms with Gasteiger partial charge in [-0.25, -0.2) is 0 Å². The normalized spacial score (nSPS) is 46.0. The lowest BCUT2D eigenvalue weighted by Crippen LogP contribution is -2.40. The fraction of sp³-hybridized carbons (Fsp3) is 0.938. The minimum absolute atomic E-state index is 0.0119. The molecule has 19 heavy (non-hydrogen) atoms. The highest BCUT2D eigenvalue weighted by Crippen LogP contribution is 2.38. The molecular formula is C16H27NO2. The smallest absolute Gasteiger partial charge is 0.323 e. The lowest BCUT2D eigenvalue weighted by atomic mass is 9.80. The van der Waals surface area contributed by atoms with E-state index in [1.165, 1.54) is 25.7 Å². The van der Waals surface area contributed by atoms with Crippen molar-refractivity contribution < 1.29 is 9.53 Å². The molecule has 0 aromatic carbocycles. The van der Waals surface area contributed by atoms with Crippen molar-refractivity contribution >= 4 is 5.97 Å². The predicted molar refractivity (Wildman–Crippen MR) is 74.7 cm³/mol. The Kier molecular flexibility index (Phi) is 3.84. The van der Waals surface area contributed by atoms with Crippen LogP contribution in [0.2, 0.25) is 0 Å². The van der Waals surface area contributed by atoms with Crippen molar-refractivity contribution in [1.29, 1.82) is 0 Å². The fourth-order valence-electron chi connectivity index (χ4n) is 4.29. The molecule has 0 amide bonds. The lowest BCUT2D eigenvalue weighted by Gasteiger charge is -2.32. The zero-order valence-electron chi connectivity index (χ0n) is 12.2. The third-order valence-electron chi connectivity index (χ3n) is 5.83. The molecule has 1 aliphatic heterocycles. The zero-order chi connectivity index (χ0) is 13.4. The Morgan fingerprint density at radius 1 is 1.11 bits per heavy atom. The summed E-state index contributed by atoms with van der Waals surface area (Å²) < 4.78 is 5.80. The van der Waals surface area contributed by atoms with Crippen LogP contribution in [-0.4, -0.2) is 24.7 Å². The number of hydrogen-bond acceptors (Lipinski definition) is 3. The van der Waals surface area contributed by atoms with Crippen LogP contribution in [0.25, 0.3) is 0 Å². The third kappa shape index (κ3) is 2.67. The van der Waals surface area contributed by atoms with Crippen molar-refractivity contribution in [2.24, 2.45) is 23.7 Å². The van der Waals surface area contributed by atoms with Gasteiger partial charge in [-0.1, -0.05) is 20.3 Å². The number of rotatable bonds is 2. The summed E-state index contributed by atoms with van der Waals surface area (Å²) >= 11 is 0. The highest BCUT2D eigenvalue weighted by molar-refractivity contribution is 5.77. The SMILES string of the molecule is CC1CCC(OC(=O)C2NCC3CCCC32)CC1C. The van der Waals surface area contributed by atoms with Gasteiger partial charge in [0.05, 0.1) is 0 Å². The Hall–Kier alpha value is -0.570. The van der Waals surface area contributed by atoms with Gasteiger partial charge in [-0.2, -0.15) is 0 Å². The molecule has 0 radical (unpaired) electrons. The second-order valence-electron chi connectivity index (χ2n) is 7.07. The molecule has 2 aliphatic carbocycles. The van der Waals surface area contributed by atoms with Gasteiger partial charge in [0.25, 0.3) is 0 Å². The van der Waals surface area contributed by atoms with E-state index in [1.807, 2.05) is 0 Å². The summed E-state index contributed by atoms with van der Waals surface area (Å²) in [5.74, 6) is 2.76. The van der Waals surface area contributed by atoms with Crippen molar-refractivity contribution in [3.63, 3.8) is 0 Å². The van der Waals surface area contributed by atoms with E-state index in [9.17, 15) is 4.79 Å². The molecular weight excluding hydrogens is 238 g/mol. The van der Waals surface area contributed by atoms with Crippen LogP contribution in [0.1, 0.15) is 52.4 Å². The highest BCUT2D eigenvalue weighted by atomic mass is 16.5. The van der Waals surface area contributed by atoms with Crippen LogP contribution in [0.15, 0.2) is 0 Å². The molecule has 3 nitrogen and oxygen atoms in total. The molecule has 1 heterocycles. The maximum Gasteiger partial charge on any atom is 0.323 e. The standard InChI is InChI=1S/C16H27NO2/c1-10-6-7-13(8-11(10)2)19-16(18)15-14-5-3-4-12(14)9-17-15/h10-15,17H,3-9H2,1-2H3. The molecule has 3 heteroatoms. The van der Waals surface area contributed by atoms with Crippen LogP contribution in [0.5, 0.6) is 0 Å². The molecule has 6 atom stereocenters. The average molecular weight is 265 g/mol. The van der Waals surface area contributed by atoms with Crippen molar-refractivity contribution in [1.82, 2.24) is 5.32 Å². The first kappa shape index (κ1) is 13.4. The van der Waals surface area contributed by atoms with Gasteiger partial charge in [0.1, 0.15) is 12.1 Å². The van der Waals surface area contributed by atoms with Gasteiger partial charge < -0.3 is 10.1 Å². The summed E-state index contributed by atoms with van der Waals surface area (Å²) in [5, 5.41) is 3.39. The topological polar surface area (TPSA) is 38.3 Å². The Bertz CT molecular complexity index is 344. The summed E-state index contributed by atoms with van der Waals surface area (Å²) in [6.45, 7) is 5.61. The van der Waals surface area contributed by atoms with Crippen LogP contribution in [0.3, 0.4) is 0 Å². The van der Waals surface area contributed by atoms with Crippen LogP contribution >= 0.6 is 0 Å². The van der Waals surface area contributed by atoms with Crippen LogP contribution in [0, 0.1) is 23.7 Å². The quantitative estimate of drug-likeness (QED) is 0.780. The van der Waals surface area contributed by atoms with E-state index in [1.54, 1.807) is 0 Å². The van der Waals surface area contributed by atoms with Crippen LogP contribution in [0.4, 0.5) is 0 Å².